The van der Waals surface area contributed by atoms with Gasteiger partial charge in [0.2, 0.25) is 5.91 Å². The Kier molecular flexibility index (Phi) is 6.12. The summed E-state index contributed by atoms with van der Waals surface area (Å²) in [6.07, 6.45) is 6.06. The van der Waals surface area contributed by atoms with Crippen molar-refractivity contribution in [2.75, 3.05) is 10.6 Å². The Morgan fingerprint density at radius 2 is 1.71 bits per heavy atom. The lowest BCUT2D eigenvalue weighted by Gasteiger charge is -2.27. The summed E-state index contributed by atoms with van der Waals surface area (Å²) < 4.78 is 0. The molecule has 0 spiro atoms. The van der Waals surface area contributed by atoms with Crippen LogP contribution in [0, 0.1) is 11.8 Å². The Morgan fingerprint density at radius 1 is 0.912 bits per heavy atom. The van der Waals surface area contributed by atoms with Crippen LogP contribution in [0.3, 0.4) is 0 Å². The second-order valence-corrected chi connectivity index (χ2v) is 9.09. The number of nitrogens with one attached hydrogen (secondary N) is 3. The molecule has 0 saturated heterocycles. The van der Waals surface area contributed by atoms with Gasteiger partial charge in [-0.3, -0.25) is 14.6 Å². The van der Waals surface area contributed by atoms with E-state index in [0.717, 1.165) is 47.1 Å². The molecule has 6 heteroatoms. The highest BCUT2D eigenvalue weighted by Gasteiger charge is 2.27. The normalized spacial score (nSPS) is 17.9. The Bertz CT molecular complexity index is 1310. The summed E-state index contributed by atoms with van der Waals surface area (Å²) >= 11 is 0. The molecule has 2 amide bonds. The number of nitrogens with zero attached hydrogens (tertiary/aromatic N) is 1. The Balaban J connectivity index is 1.28. The van der Waals surface area contributed by atoms with Gasteiger partial charge in [-0.1, -0.05) is 38.0 Å². The van der Waals surface area contributed by atoms with Gasteiger partial charge in [-0.05, 0) is 72.9 Å². The van der Waals surface area contributed by atoms with Crippen molar-refractivity contribution in [1.82, 2.24) is 9.97 Å². The molecule has 1 aliphatic carbocycles. The predicted octanol–water partition coefficient (Wildman–Crippen LogP) is 6.25. The summed E-state index contributed by atoms with van der Waals surface area (Å²) in [7, 11) is 0. The maximum atomic E-state index is 12.8. The van der Waals surface area contributed by atoms with Crippen LogP contribution < -0.4 is 10.6 Å². The highest BCUT2D eigenvalue weighted by Crippen LogP contribution is 2.31. The van der Waals surface area contributed by atoms with Crippen LogP contribution in [0.2, 0.25) is 0 Å². The zero-order valence-electron chi connectivity index (χ0n) is 19.2. The molecule has 4 aromatic rings. The zero-order chi connectivity index (χ0) is 23.5. The van der Waals surface area contributed by atoms with Crippen LogP contribution in [0.4, 0.5) is 11.4 Å². The molecular weight excluding hydrogens is 424 g/mol. The first-order valence-corrected chi connectivity index (χ1v) is 11.8. The van der Waals surface area contributed by atoms with Gasteiger partial charge in [-0.15, -0.1) is 0 Å². The molecule has 5 rings (SSSR count). The monoisotopic (exact) mass is 452 g/mol. The molecule has 6 nitrogen and oxygen atoms in total. The second-order valence-electron chi connectivity index (χ2n) is 9.09. The first-order valence-electron chi connectivity index (χ1n) is 11.8. The van der Waals surface area contributed by atoms with Gasteiger partial charge < -0.3 is 15.6 Å². The van der Waals surface area contributed by atoms with Crippen LogP contribution >= 0.6 is 0 Å². The minimum Gasteiger partial charge on any atom is -0.355 e. The molecule has 2 heterocycles. The number of fused-ring (bicyclic) bond motifs is 1. The van der Waals surface area contributed by atoms with Crippen molar-refractivity contribution in [1.29, 1.82) is 0 Å². The molecule has 2 aromatic heterocycles. The molecule has 172 valence electrons. The van der Waals surface area contributed by atoms with Crippen LogP contribution in [0.1, 0.15) is 43.1 Å². The van der Waals surface area contributed by atoms with Crippen LogP contribution in [-0.4, -0.2) is 21.8 Å². The van der Waals surface area contributed by atoms with Crippen molar-refractivity contribution in [3.63, 3.8) is 0 Å². The number of aromatic amines is 1. The molecule has 1 aliphatic rings. The number of rotatable bonds is 5. The first-order chi connectivity index (χ1) is 16.6. The molecule has 2 unspecified atom stereocenters. The number of H-pyrrole nitrogens is 1. The number of hydrogen-bond donors (Lipinski definition) is 3. The van der Waals surface area contributed by atoms with Gasteiger partial charge in [0, 0.05) is 40.1 Å². The number of carbonyl (C=O) groups is 2. The molecule has 2 atom stereocenters. The third-order valence-corrected chi connectivity index (χ3v) is 6.69. The van der Waals surface area contributed by atoms with E-state index < -0.39 is 0 Å². The molecular formula is C28H28N4O2. The number of benzene rings is 2. The van der Waals surface area contributed by atoms with E-state index >= 15 is 0 Å². The smallest absolute Gasteiger partial charge is 0.274 e. The van der Waals surface area contributed by atoms with E-state index in [2.05, 4.69) is 33.6 Å². The van der Waals surface area contributed by atoms with Gasteiger partial charge in [0.1, 0.15) is 5.69 Å². The summed E-state index contributed by atoms with van der Waals surface area (Å²) in [5, 5.41) is 7.03. The summed E-state index contributed by atoms with van der Waals surface area (Å²) in [4.78, 5) is 32.6. The summed E-state index contributed by atoms with van der Waals surface area (Å²) in [6.45, 7) is 2.18. The number of carbonyl (C=O) groups excluding carboxylic acids is 2. The number of pyridine rings is 1. The predicted molar refractivity (Wildman–Crippen MR) is 136 cm³/mol. The minimum absolute atomic E-state index is 0.0999. The maximum Gasteiger partial charge on any atom is 0.274 e. The van der Waals surface area contributed by atoms with Crippen molar-refractivity contribution in [2.45, 2.75) is 32.6 Å². The summed E-state index contributed by atoms with van der Waals surface area (Å²) in [5.74, 6) is 0.428. The Labute approximate surface area is 198 Å². The standard InChI is InChI=1S/C28H28N4O2/c1-18-6-2-3-7-23(18)27(33)31-22-13-14-24-20(16-22)17-26(32-24)19-9-11-21(12-10-19)30-28(34)25-8-4-5-15-29-25/h4-5,8-18,23,32H,2-3,6-7H2,1H3,(H,30,34)(H,31,33). The number of anilines is 2. The molecule has 3 N–H and O–H groups in total. The molecule has 0 aliphatic heterocycles. The van der Waals surface area contributed by atoms with E-state index in [0.29, 0.717) is 17.3 Å². The fourth-order valence-corrected chi connectivity index (χ4v) is 4.73. The largest absolute Gasteiger partial charge is 0.355 e. The Morgan fingerprint density at radius 3 is 2.47 bits per heavy atom. The zero-order valence-corrected chi connectivity index (χ0v) is 19.2. The van der Waals surface area contributed by atoms with Crippen molar-refractivity contribution < 1.29 is 9.59 Å². The number of hydrogen-bond acceptors (Lipinski definition) is 3. The van der Waals surface area contributed by atoms with E-state index in [9.17, 15) is 9.59 Å². The SMILES string of the molecule is CC1CCCCC1C(=O)Nc1ccc2[nH]c(-c3ccc(NC(=O)c4ccccn4)cc3)cc2c1. The highest BCUT2D eigenvalue weighted by atomic mass is 16.2. The van der Waals surface area contributed by atoms with E-state index in [4.69, 9.17) is 0 Å². The van der Waals surface area contributed by atoms with E-state index in [1.54, 1.807) is 24.4 Å². The Hall–Kier alpha value is -3.93. The van der Waals surface area contributed by atoms with Gasteiger partial charge in [0.05, 0.1) is 0 Å². The van der Waals surface area contributed by atoms with Gasteiger partial charge in [-0.2, -0.15) is 0 Å². The summed E-state index contributed by atoms with van der Waals surface area (Å²) in [6, 6.07) is 21.0. The fourth-order valence-electron chi connectivity index (χ4n) is 4.73. The molecule has 1 saturated carbocycles. The molecule has 0 bridgehead atoms. The van der Waals surface area contributed by atoms with E-state index in [-0.39, 0.29) is 17.7 Å². The maximum absolute atomic E-state index is 12.8. The van der Waals surface area contributed by atoms with Crippen molar-refractivity contribution in [3.05, 3.63) is 78.6 Å². The van der Waals surface area contributed by atoms with Crippen LogP contribution in [0.25, 0.3) is 22.2 Å². The number of aromatic nitrogens is 2. The first kappa shape index (κ1) is 21.9. The average Bonchev–Trinajstić information content (AvgIpc) is 3.29. The van der Waals surface area contributed by atoms with E-state index in [1.807, 2.05) is 42.5 Å². The lowest BCUT2D eigenvalue weighted by Crippen LogP contribution is -2.30. The molecule has 1 fully saturated rings. The lowest BCUT2D eigenvalue weighted by atomic mass is 9.80. The quantitative estimate of drug-likeness (QED) is 0.335. The van der Waals surface area contributed by atoms with E-state index in [1.165, 1.54) is 6.42 Å². The molecule has 0 radical (unpaired) electrons. The van der Waals surface area contributed by atoms with Crippen LogP contribution in [-0.2, 0) is 4.79 Å². The third kappa shape index (κ3) is 4.71. The van der Waals surface area contributed by atoms with Gasteiger partial charge >= 0.3 is 0 Å². The van der Waals surface area contributed by atoms with Crippen LogP contribution in [0.15, 0.2) is 72.9 Å². The highest BCUT2D eigenvalue weighted by molar-refractivity contribution is 6.03. The van der Waals surface area contributed by atoms with Crippen molar-refractivity contribution in [2.24, 2.45) is 11.8 Å². The van der Waals surface area contributed by atoms with Gasteiger partial charge in [0.25, 0.3) is 5.91 Å². The van der Waals surface area contributed by atoms with Gasteiger partial charge in [0.15, 0.2) is 0 Å². The molecule has 34 heavy (non-hydrogen) atoms. The van der Waals surface area contributed by atoms with Crippen LogP contribution in [0.5, 0.6) is 0 Å². The lowest BCUT2D eigenvalue weighted by molar-refractivity contribution is -0.122. The third-order valence-electron chi connectivity index (χ3n) is 6.69. The topological polar surface area (TPSA) is 86.9 Å². The molecule has 2 aromatic carbocycles. The van der Waals surface area contributed by atoms with Crippen molar-refractivity contribution >= 4 is 34.1 Å². The average molecular weight is 453 g/mol. The minimum atomic E-state index is -0.240. The van der Waals surface area contributed by atoms with Crippen molar-refractivity contribution in [3.8, 4) is 11.3 Å². The van der Waals surface area contributed by atoms with Gasteiger partial charge in [-0.25, -0.2) is 0 Å². The second kappa shape index (κ2) is 9.51. The summed E-state index contributed by atoms with van der Waals surface area (Å²) in [5.41, 5.74) is 4.90. The fraction of sp³-hybridized carbons (Fsp3) is 0.250. The number of amides is 2.